The lowest BCUT2D eigenvalue weighted by Crippen LogP contribution is -2.22. The molecular weight excluding hydrogens is 256 g/mol. The Bertz CT molecular complexity index is 550. The summed E-state index contributed by atoms with van der Waals surface area (Å²) >= 11 is 1.66. The van der Waals surface area contributed by atoms with Crippen molar-refractivity contribution in [1.29, 1.82) is 0 Å². The summed E-state index contributed by atoms with van der Waals surface area (Å²) in [4.78, 5) is 13.5. The lowest BCUT2D eigenvalue weighted by atomic mass is 10.1. The maximum Gasteiger partial charge on any atom is 0.135 e. The van der Waals surface area contributed by atoms with Crippen molar-refractivity contribution >= 4 is 11.3 Å². The van der Waals surface area contributed by atoms with Gasteiger partial charge in [0.1, 0.15) is 10.8 Å². The first kappa shape index (κ1) is 14.1. The second kappa shape index (κ2) is 6.21. The molecule has 0 fully saturated rings. The van der Waals surface area contributed by atoms with Crippen LogP contribution in [0, 0.1) is 13.8 Å². The van der Waals surface area contributed by atoms with Crippen LogP contribution in [0.2, 0.25) is 0 Å². The highest BCUT2D eigenvalue weighted by Crippen LogP contribution is 2.13. The van der Waals surface area contributed by atoms with Gasteiger partial charge in [-0.25, -0.2) is 15.0 Å². The summed E-state index contributed by atoms with van der Waals surface area (Å²) in [5.74, 6) is 0.840. The van der Waals surface area contributed by atoms with E-state index in [0.29, 0.717) is 6.42 Å². The van der Waals surface area contributed by atoms with Gasteiger partial charge >= 0.3 is 0 Å². The first-order valence-electron chi connectivity index (χ1n) is 6.57. The summed E-state index contributed by atoms with van der Waals surface area (Å²) in [5.41, 5.74) is 9.08. The molecule has 2 aromatic heterocycles. The van der Waals surface area contributed by atoms with Crippen LogP contribution in [0.4, 0.5) is 0 Å². The van der Waals surface area contributed by atoms with Crippen LogP contribution in [0.25, 0.3) is 0 Å². The number of rotatable bonds is 5. The Labute approximate surface area is 118 Å². The molecule has 102 valence electrons. The topological polar surface area (TPSA) is 64.7 Å². The smallest absolute Gasteiger partial charge is 0.135 e. The van der Waals surface area contributed by atoms with E-state index in [-0.39, 0.29) is 6.04 Å². The molecule has 0 amide bonds. The molecule has 2 aromatic rings. The van der Waals surface area contributed by atoms with Crippen LogP contribution in [0.3, 0.4) is 0 Å². The van der Waals surface area contributed by atoms with E-state index < -0.39 is 0 Å². The van der Waals surface area contributed by atoms with Gasteiger partial charge in [-0.1, -0.05) is 6.92 Å². The van der Waals surface area contributed by atoms with E-state index in [0.717, 1.165) is 40.8 Å². The van der Waals surface area contributed by atoms with Gasteiger partial charge < -0.3 is 5.73 Å². The van der Waals surface area contributed by atoms with Crippen molar-refractivity contribution < 1.29 is 0 Å². The van der Waals surface area contributed by atoms with Gasteiger partial charge in [0.15, 0.2) is 0 Å². The van der Waals surface area contributed by atoms with Crippen molar-refractivity contribution in [3.8, 4) is 0 Å². The Balaban J connectivity index is 2.16. The van der Waals surface area contributed by atoms with E-state index >= 15 is 0 Å². The van der Waals surface area contributed by atoms with Gasteiger partial charge in [-0.05, 0) is 26.3 Å². The van der Waals surface area contributed by atoms with E-state index in [4.69, 9.17) is 5.73 Å². The zero-order chi connectivity index (χ0) is 13.8. The molecule has 4 nitrogen and oxygen atoms in total. The molecule has 2 N–H and O–H groups in total. The maximum atomic E-state index is 5.99. The van der Waals surface area contributed by atoms with E-state index in [2.05, 4.69) is 27.3 Å². The Kier molecular flexibility index (Phi) is 4.61. The van der Waals surface area contributed by atoms with Gasteiger partial charge in [-0.2, -0.15) is 0 Å². The number of thiazole rings is 1. The molecule has 0 aliphatic carbocycles. The number of nitrogens with zero attached hydrogens (tertiary/aromatic N) is 3. The van der Waals surface area contributed by atoms with Crippen LogP contribution in [0.5, 0.6) is 0 Å². The van der Waals surface area contributed by atoms with Gasteiger partial charge in [0, 0.05) is 34.9 Å². The minimum absolute atomic E-state index is 0.171. The molecule has 0 aliphatic heterocycles. The normalized spacial score (nSPS) is 12.6. The molecule has 0 aliphatic rings. The quantitative estimate of drug-likeness (QED) is 0.911. The molecule has 0 spiro atoms. The fraction of sp³-hybridized carbons (Fsp3) is 0.500. The fourth-order valence-electron chi connectivity index (χ4n) is 1.92. The van der Waals surface area contributed by atoms with Crippen LogP contribution in [-0.4, -0.2) is 21.0 Å². The molecule has 1 unspecified atom stereocenters. The lowest BCUT2D eigenvalue weighted by molar-refractivity contribution is 0.632. The highest BCUT2D eigenvalue weighted by Gasteiger charge is 2.08. The average molecular weight is 276 g/mol. The molecule has 0 aromatic carbocycles. The summed E-state index contributed by atoms with van der Waals surface area (Å²) in [6, 6.07) is 2.19. The average Bonchev–Trinajstić information content (AvgIpc) is 2.73. The molecule has 19 heavy (non-hydrogen) atoms. The van der Waals surface area contributed by atoms with Crippen LogP contribution < -0.4 is 5.73 Å². The molecule has 0 saturated carbocycles. The minimum atomic E-state index is 0.171. The first-order chi connectivity index (χ1) is 9.06. The third-order valence-corrected chi connectivity index (χ3v) is 3.89. The maximum absolute atomic E-state index is 5.99. The summed E-state index contributed by atoms with van der Waals surface area (Å²) in [7, 11) is 0. The second-order valence-electron chi connectivity index (χ2n) is 4.85. The zero-order valence-electron chi connectivity index (χ0n) is 11.7. The summed E-state index contributed by atoms with van der Waals surface area (Å²) in [5, 5.41) is 3.12. The predicted octanol–water partition coefficient (Wildman–Crippen LogP) is 2.42. The third kappa shape index (κ3) is 4.08. The van der Waals surface area contributed by atoms with Gasteiger partial charge in [0.25, 0.3) is 0 Å². The Morgan fingerprint density at radius 2 is 2.00 bits per heavy atom. The molecular formula is C14H20N4S. The minimum Gasteiger partial charge on any atom is -0.327 e. The summed E-state index contributed by atoms with van der Waals surface area (Å²) < 4.78 is 0. The van der Waals surface area contributed by atoms with Gasteiger partial charge in [0.2, 0.25) is 0 Å². The van der Waals surface area contributed by atoms with Gasteiger partial charge in [0.05, 0.1) is 6.42 Å². The largest absolute Gasteiger partial charge is 0.327 e. The monoisotopic (exact) mass is 276 g/mol. The van der Waals surface area contributed by atoms with Crippen LogP contribution >= 0.6 is 11.3 Å². The third-order valence-electron chi connectivity index (χ3n) is 2.93. The van der Waals surface area contributed by atoms with Crippen molar-refractivity contribution in [2.75, 3.05) is 0 Å². The van der Waals surface area contributed by atoms with E-state index in [1.807, 2.05) is 19.9 Å². The number of aromatic nitrogens is 3. The fourth-order valence-corrected chi connectivity index (χ4v) is 2.68. The van der Waals surface area contributed by atoms with Crippen LogP contribution in [-0.2, 0) is 12.8 Å². The predicted molar refractivity (Wildman–Crippen MR) is 78.4 cm³/mol. The second-order valence-corrected chi connectivity index (χ2v) is 5.79. The highest BCUT2D eigenvalue weighted by atomic mass is 32.1. The lowest BCUT2D eigenvalue weighted by Gasteiger charge is -2.09. The molecule has 0 bridgehead atoms. The van der Waals surface area contributed by atoms with E-state index in [1.54, 1.807) is 11.3 Å². The van der Waals surface area contributed by atoms with Crippen molar-refractivity contribution in [1.82, 2.24) is 15.0 Å². The number of hydrogen-bond acceptors (Lipinski definition) is 5. The molecule has 0 radical (unpaired) electrons. The van der Waals surface area contributed by atoms with E-state index in [1.165, 1.54) is 0 Å². The number of nitrogens with two attached hydrogens (primary N) is 1. The van der Waals surface area contributed by atoms with Crippen molar-refractivity contribution in [2.24, 2.45) is 5.73 Å². The standard InChI is InChI=1S/C14H20N4S/c1-4-11(15)6-12-5-9(2)16-13(18-12)7-14-17-10(3)8-19-14/h5,8,11H,4,6-7,15H2,1-3H3. The highest BCUT2D eigenvalue weighted by molar-refractivity contribution is 7.09. The first-order valence-corrected chi connectivity index (χ1v) is 7.44. The van der Waals surface area contributed by atoms with Crippen LogP contribution in [0.15, 0.2) is 11.4 Å². The van der Waals surface area contributed by atoms with Crippen molar-refractivity contribution in [2.45, 2.75) is 46.1 Å². The SMILES string of the molecule is CCC(N)Cc1cc(C)nc(Cc2nc(C)cs2)n1. The van der Waals surface area contributed by atoms with Crippen molar-refractivity contribution in [3.63, 3.8) is 0 Å². The Morgan fingerprint density at radius 3 is 2.63 bits per heavy atom. The molecule has 1 atom stereocenters. The molecule has 0 saturated heterocycles. The Morgan fingerprint density at radius 1 is 1.21 bits per heavy atom. The summed E-state index contributed by atoms with van der Waals surface area (Å²) in [6.07, 6.45) is 2.47. The van der Waals surface area contributed by atoms with Gasteiger partial charge in [-0.3, -0.25) is 0 Å². The number of aryl methyl sites for hydroxylation is 2. The number of hydrogen-bond donors (Lipinski definition) is 1. The molecule has 2 heterocycles. The Hall–Kier alpha value is -1.33. The van der Waals surface area contributed by atoms with Gasteiger partial charge in [-0.15, -0.1) is 11.3 Å². The van der Waals surface area contributed by atoms with Crippen molar-refractivity contribution in [3.05, 3.63) is 39.4 Å². The molecule has 2 rings (SSSR count). The van der Waals surface area contributed by atoms with E-state index in [9.17, 15) is 0 Å². The molecule has 5 heteroatoms. The summed E-state index contributed by atoms with van der Waals surface area (Å²) in [6.45, 7) is 6.10. The zero-order valence-corrected chi connectivity index (χ0v) is 12.5. The van der Waals surface area contributed by atoms with Crippen LogP contribution in [0.1, 0.15) is 41.3 Å².